The van der Waals surface area contributed by atoms with Gasteiger partial charge in [-0.3, -0.25) is 0 Å². The van der Waals surface area contributed by atoms with E-state index in [0.29, 0.717) is 12.0 Å². The first kappa shape index (κ1) is 9.41. The molecule has 1 N–H and O–H groups in total. The molecule has 0 saturated heterocycles. The summed E-state index contributed by atoms with van der Waals surface area (Å²) in [4.78, 5) is 0. The standard InChI is InChI=1S/C12H13FO/c1-8-7-9(5-6-11(8)13)10-3-2-4-12(10)14/h2-3,5-7,10,12,14H,4H2,1H3/t10-,12+/m0/s1. The van der Waals surface area contributed by atoms with Gasteiger partial charge in [-0.1, -0.05) is 24.3 Å². The van der Waals surface area contributed by atoms with Gasteiger partial charge in [-0.25, -0.2) is 4.39 Å². The lowest BCUT2D eigenvalue weighted by atomic mass is 9.95. The number of aliphatic hydroxyl groups excluding tert-OH is 1. The van der Waals surface area contributed by atoms with Crippen molar-refractivity contribution in [2.24, 2.45) is 0 Å². The molecule has 0 fully saturated rings. The third-order valence-electron chi connectivity index (χ3n) is 2.70. The summed E-state index contributed by atoms with van der Waals surface area (Å²) in [5, 5.41) is 9.65. The van der Waals surface area contributed by atoms with Crippen LogP contribution >= 0.6 is 0 Å². The number of aliphatic hydroxyl groups is 1. The van der Waals surface area contributed by atoms with Crippen LogP contribution in [-0.2, 0) is 0 Å². The Morgan fingerprint density at radius 1 is 1.43 bits per heavy atom. The predicted molar refractivity (Wildman–Crippen MR) is 53.6 cm³/mol. The first-order chi connectivity index (χ1) is 6.68. The minimum Gasteiger partial charge on any atom is -0.392 e. The lowest BCUT2D eigenvalue weighted by molar-refractivity contribution is 0.171. The Bertz CT molecular complexity index is 371. The number of aryl methyl sites for hydroxylation is 1. The summed E-state index contributed by atoms with van der Waals surface area (Å²) in [6.07, 6.45) is 4.30. The van der Waals surface area contributed by atoms with E-state index < -0.39 is 0 Å². The molecule has 1 nitrogen and oxygen atoms in total. The molecule has 0 aromatic heterocycles. The smallest absolute Gasteiger partial charge is 0.126 e. The Morgan fingerprint density at radius 2 is 2.21 bits per heavy atom. The maximum Gasteiger partial charge on any atom is 0.126 e. The van der Waals surface area contributed by atoms with Gasteiger partial charge in [-0.2, -0.15) is 0 Å². The molecule has 0 saturated carbocycles. The number of halogens is 1. The Labute approximate surface area is 82.9 Å². The fourth-order valence-corrected chi connectivity index (χ4v) is 1.85. The number of hydrogen-bond donors (Lipinski definition) is 1. The van der Waals surface area contributed by atoms with E-state index in [4.69, 9.17) is 0 Å². The van der Waals surface area contributed by atoms with Gasteiger partial charge < -0.3 is 5.11 Å². The van der Waals surface area contributed by atoms with Crippen molar-refractivity contribution in [1.82, 2.24) is 0 Å². The van der Waals surface area contributed by atoms with E-state index in [2.05, 4.69) is 0 Å². The van der Waals surface area contributed by atoms with Gasteiger partial charge in [0.05, 0.1) is 6.10 Å². The van der Waals surface area contributed by atoms with Crippen LogP contribution in [0.1, 0.15) is 23.5 Å². The molecule has 0 bridgehead atoms. The zero-order chi connectivity index (χ0) is 10.1. The highest BCUT2D eigenvalue weighted by Gasteiger charge is 2.22. The van der Waals surface area contributed by atoms with Gasteiger partial charge in [0.25, 0.3) is 0 Å². The molecule has 1 aromatic rings. The van der Waals surface area contributed by atoms with Crippen LogP contribution in [0, 0.1) is 12.7 Å². The van der Waals surface area contributed by atoms with E-state index in [1.807, 2.05) is 12.2 Å². The number of benzene rings is 1. The van der Waals surface area contributed by atoms with Crippen LogP contribution in [0.2, 0.25) is 0 Å². The highest BCUT2D eigenvalue weighted by Crippen LogP contribution is 2.29. The van der Waals surface area contributed by atoms with Gasteiger partial charge in [-0.15, -0.1) is 0 Å². The molecular weight excluding hydrogens is 179 g/mol. The molecule has 2 atom stereocenters. The lowest BCUT2D eigenvalue weighted by Crippen LogP contribution is -2.11. The summed E-state index contributed by atoms with van der Waals surface area (Å²) >= 11 is 0. The molecular formula is C12H13FO. The molecule has 0 aliphatic heterocycles. The quantitative estimate of drug-likeness (QED) is 0.678. The van der Waals surface area contributed by atoms with Crippen molar-refractivity contribution in [3.63, 3.8) is 0 Å². The SMILES string of the molecule is Cc1cc([C@@H]2C=CC[C@H]2O)ccc1F. The van der Waals surface area contributed by atoms with E-state index in [1.165, 1.54) is 6.07 Å². The maximum absolute atomic E-state index is 13.0. The Hall–Kier alpha value is -1.15. The van der Waals surface area contributed by atoms with Crippen LogP contribution in [0.3, 0.4) is 0 Å². The van der Waals surface area contributed by atoms with Crippen LogP contribution in [0.25, 0.3) is 0 Å². The van der Waals surface area contributed by atoms with Gasteiger partial charge in [-0.05, 0) is 30.5 Å². The molecule has 0 spiro atoms. The minimum absolute atomic E-state index is 0.0364. The van der Waals surface area contributed by atoms with Crippen molar-refractivity contribution in [1.29, 1.82) is 0 Å². The molecule has 1 aliphatic carbocycles. The fourth-order valence-electron chi connectivity index (χ4n) is 1.85. The second kappa shape index (κ2) is 3.54. The van der Waals surface area contributed by atoms with E-state index in [0.717, 1.165) is 5.56 Å². The van der Waals surface area contributed by atoms with E-state index in [1.54, 1.807) is 19.1 Å². The Kier molecular flexibility index (Phi) is 2.38. The topological polar surface area (TPSA) is 20.2 Å². The van der Waals surface area contributed by atoms with Crippen LogP contribution in [0.15, 0.2) is 30.4 Å². The highest BCUT2D eigenvalue weighted by molar-refractivity contribution is 5.32. The zero-order valence-corrected chi connectivity index (χ0v) is 8.07. The summed E-state index contributed by atoms with van der Waals surface area (Å²) in [6.45, 7) is 1.74. The molecule has 1 aromatic carbocycles. The van der Waals surface area contributed by atoms with E-state index in [9.17, 15) is 9.50 Å². The second-order valence-corrected chi connectivity index (χ2v) is 3.77. The fraction of sp³-hybridized carbons (Fsp3) is 0.333. The van der Waals surface area contributed by atoms with Gasteiger partial charge in [0.2, 0.25) is 0 Å². The number of rotatable bonds is 1. The van der Waals surface area contributed by atoms with E-state index >= 15 is 0 Å². The lowest BCUT2D eigenvalue weighted by Gasteiger charge is -2.14. The summed E-state index contributed by atoms with van der Waals surface area (Å²) in [5.74, 6) is -0.153. The summed E-state index contributed by atoms with van der Waals surface area (Å²) in [5.41, 5.74) is 1.63. The van der Waals surface area contributed by atoms with Crippen LogP contribution in [0.4, 0.5) is 4.39 Å². The summed E-state index contributed by atoms with van der Waals surface area (Å²) in [6, 6.07) is 5.01. The third kappa shape index (κ3) is 1.58. The molecule has 1 aliphatic rings. The van der Waals surface area contributed by atoms with Crippen molar-refractivity contribution in [2.45, 2.75) is 25.4 Å². The third-order valence-corrected chi connectivity index (χ3v) is 2.70. The molecule has 14 heavy (non-hydrogen) atoms. The molecule has 2 rings (SSSR count). The normalized spacial score (nSPS) is 25.6. The molecule has 2 heteroatoms. The first-order valence-corrected chi connectivity index (χ1v) is 4.79. The maximum atomic E-state index is 13.0. The molecule has 0 heterocycles. The monoisotopic (exact) mass is 192 g/mol. The van der Waals surface area contributed by atoms with Crippen molar-refractivity contribution in [3.8, 4) is 0 Å². The molecule has 0 radical (unpaired) electrons. The van der Waals surface area contributed by atoms with Crippen molar-refractivity contribution >= 4 is 0 Å². The average molecular weight is 192 g/mol. The van der Waals surface area contributed by atoms with E-state index in [-0.39, 0.29) is 17.8 Å². The van der Waals surface area contributed by atoms with Crippen LogP contribution in [0.5, 0.6) is 0 Å². The number of hydrogen-bond acceptors (Lipinski definition) is 1. The minimum atomic E-state index is -0.347. The highest BCUT2D eigenvalue weighted by atomic mass is 19.1. The molecule has 0 unspecified atom stereocenters. The molecule has 0 amide bonds. The molecule has 74 valence electrons. The van der Waals surface area contributed by atoms with Crippen LogP contribution in [-0.4, -0.2) is 11.2 Å². The van der Waals surface area contributed by atoms with Crippen molar-refractivity contribution < 1.29 is 9.50 Å². The van der Waals surface area contributed by atoms with Gasteiger partial charge in [0.15, 0.2) is 0 Å². The second-order valence-electron chi connectivity index (χ2n) is 3.77. The van der Waals surface area contributed by atoms with Crippen molar-refractivity contribution in [2.75, 3.05) is 0 Å². The zero-order valence-electron chi connectivity index (χ0n) is 8.07. The van der Waals surface area contributed by atoms with Gasteiger partial charge >= 0.3 is 0 Å². The summed E-state index contributed by atoms with van der Waals surface area (Å²) in [7, 11) is 0. The Balaban J connectivity index is 2.32. The Morgan fingerprint density at radius 3 is 2.79 bits per heavy atom. The van der Waals surface area contributed by atoms with Gasteiger partial charge in [0, 0.05) is 5.92 Å². The van der Waals surface area contributed by atoms with Crippen molar-refractivity contribution in [3.05, 3.63) is 47.3 Å². The predicted octanol–water partition coefficient (Wildman–Crippen LogP) is 2.54. The largest absolute Gasteiger partial charge is 0.392 e. The van der Waals surface area contributed by atoms with Crippen LogP contribution < -0.4 is 0 Å². The van der Waals surface area contributed by atoms with Gasteiger partial charge in [0.1, 0.15) is 5.82 Å². The summed E-state index contributed by atoms with van der Waals surface area (Å²) < 4.78 is 13.0. The first-order valence-electron chi connectivity index (χ1n) is 4.79. The average Bonchev–Trinajstić information content (AvgIpc) is 2.57.